The fourth-order valence-corrected chi connectivity index (χ4v) is 3.07. The zero-order valence-corrected chi connectivity index (χ0v) is 14.1. The first-order chi connectivity index (χ1) is 8.00. The molecule has 88 valence electrons. The first-order valence-corrected chi connectivity index (χ1v) is 6.66. The topological polar surface area (TPSA) is 92.2 Å². The van der Waals surface area contributed by atoms with Gasteiger partial charge in [0.1, 0.15) is 0 Å². The first kappa shape index (κ1) is 15.9. The largest absolute Gasteiger partial charge is 1.00 e. The minimum atomic E-state index is -3.86. The van der Waals surface area contributed by atoms with Crippen LogP contribution < -0.4 is 78.4 Å². The predicted octanol–water partition coefficient (Wildman–Crippen LogP) is -2.56. The van der Waals surface area contributed by atoms with Crippen LogP contribution in [0.2, 0.25) is 0 Å². The van der Waals surface area contributed by atoms with Crippen LogP contribution in [-0.2, 0) is 4.57 Å². The van der Waals surface area contributed by atoms with E-state index in [1.165, 1.54) is 24.3 Å². The summed E-state index contributed by atoms with van der Waals surface area (Å²) >= 11 is 0. The Bertz CT molecular complexity index is 555. The van der Waals surface area contributed by atoms with Gasteiger partial charge in [-0.2, -0.15) is 0 Å². The van der Waals surface area contributed by atoms with Gasteiger partial charge in [-0.05, 0) is 24.3 Å². The van der Waals surface area contributed by atoms with Crippen molar-refractivity contribution in [2.24, 2.45) is 0 Å². The molecule has 0 bridgehead atoms. The van der Waals surface area contributed by atoms with Crippen molar-refractivity contribution in [3.8, 4) is 0 Å². The van der Waals surface area contributed by atoms with Crippen LogP contribution in [0.3, 0.4) is 0 Å². The summed E-state index contributed by atoms with van der Waals surface area (Å²) in [4.78, 5) is 12.3. The molecule has 2 aromatic carbocycles. The molecule has 4 nitrogen and oxygen atoms in total. The molecule has 18 heavy (non-hydrogen) atoms. The zero-order valence-electron chi connectivity index (χ0n) is 10.0. The molecule has 4 N–H and O–H groups in total. The van der Waals surface area contributed by atoms with E-state index in [1.54, 1.807) is 24.3 Å². The molecule has 0 radical (unpaired) electrons. The molecule has 0 spiro atoms. The van der Waals surface area contributed by atoms with Crippen LogP contribution in [0, 0.1) is 0 Å². The van der Waals surface area contributed by atoms with E-state index in [4.69, 9.17) is 11.5 Å². The van der Waals surface area contributed by atoms with E-state index < -0.39 is 7.37 Å². The van der Waals surface area contributed by atoms with Crippen molar-refractivity contribution in [2.45, 2.75) is 0 Å². The second-order valence-corrected chi connectivity index (χ2v) is 5.88. The van der Waals surface area contributed by atoms with Gasteiger partial charge in [-0.15, -0.1) is 0 Å². The normalized spacial score (nSPS) is 10.7. The summed E-state index contributed by atoms with van der Waals surface area (Å²) in [6.45, 7) is 0. The standard InChI is InChI=1S/C12H13N2O2P.K/c13-9-3-1-5-11(7-9)17(15,16)12-6-2-4-10(14)8-12;/h1-8H,13-14H2,(H,15,16);/q;+1/p-1. The summed E-state index contributed by atoms with van der Waals surface area (Å²) in [7, 11) is -3.86. The predicted molar refractivity (Wildman–Crippen MR) is 68.6 cm³/mol. The van der Waals surface area contributed by atoms with Gasteiger partial charge in [0.2, 0.25) is 0 Å². The molecule has 0 saturated carbocycles. The Hall–Kier alpha value is -0.134. The number of hydrogen-bond donors (Lipinski definition) is 2. The fourth-order valence-electron chi connectivity index (χ4n) is 1.56. The molecule has 6 heteroatoms. The van der Waals surface area contributed by atoms with Crippen molar-refractivity contribution in [1.29, 1.82) is 0 Å². The fraction of sp³-hybridized carbons (Fsp3) is 0. The molecular weight excluding hydrogens is 274 g/mol. The van der Waals surface area contributed by atoms with Crippen molar-refractivity contribution in [1.82, 2.24) is 0 Å². The van der Waals surface area contributed by atoms with Crippen LogP contribution in [-0.4, -0.2) is 0 Å². The molecule has 0 aliphatic heterocycles. The van der Waals surface area contributed by atoms with Crippen LogP contribution >= 0.6 is 7.37 Å². The Labute approximate surface area is 148 Å². The molecule has 0 heterocycles. The van der Waals surface area contributed by atoms with Gasteiger partial charge in [0.05, 0.1) is 7.37 Å². The van der Waals surface area contributed by atoms with Gasteiger partial charge >= 0.3 is 51.4 Å². The molecule has 0 aliphatic rings. The summed E-state index contributed by atoms with van der Waals surface area (Å²) in [5.74, 6) is 0. The molecule has 2 rings (SSSR count). The number of hydrogen-bond acceptors (Lipinski definition) is 4. The Kier molecular flexibility index (Phi) is 5.61. The average Bonchev–Trinajstić information content (AvgIpc) is 2.29. The number of rotatable bonds is 2. The van der Waals surface area contributed by atoms with Gasteiger partial charge in [-0.1, -0.05) is 24.3 Å². The average molecular weight is 286 g/mol. The van der Waals surface area contributed by atoms with E-state index in [-0.39, 0.29) is 62.0 Å². The van der Waals surface area contributed by atoms with Gasteiger partial charge in [0.25, 0.3) is 0 Å². The number of nitrogen functional groups attached to an aromatic ring is 2. The molecule has 2 aromatic rings. The second-order valence-electron chi connectivity index (χ2n) is 3.74. The quantitative estimate of drug-likeness (QED) is 0.361. The van der Waals surface area contributed by atoms with E-state index >= 15 is 0 Å². The Morgan fingerprint density at radius 2 is 1.28 bits per heavy atom. The maximum absolute atomic E-state index is 12.3. The summed E-state index contributed by atoms with van der Waals surface area (Å²) in [6, 6.07) is 12.4. The third kappa shape index (κ3) is 3.45. The van der Waals surface area contributed by atoms with Gasteiger partial charge in [0, 0.05) is 22.0 Å². The van der Waals surface area contributed by atoms with E-state index in [0.717, 1.165) is 0 Å². The Morgan fingerprint density at radius 1 is 0.889 bits per heavy atom. The molecular formula is C12H12KN2O2P. The van der Waals surface area contributed by atoms with Gasteiger partial charge in [-0.25, -0.2) is 0 Å². The van der Waals surface area contributed by atoms with Crippen LogP contribution in [0.15, 0.2) is 48.5 Å². The monoisotopic (exact) mass is 286 g/mol. The molecule has 0 unspecified atom stereocenters. The van der Waals surface area contributed by atoms with E-state index in [9.17, 15) is 9.46 Å². The molecule has 0 atom stereocenters. The van der Waals surface area contributed by atoms with E-state index in [0.29, 0.717) is 11.4 Å². The third-order valence-corrected chi connectivity index (χ3v) is 4.34. The van der Waals surface area contributed by atoms with Crippen molar-refractivity contribution < 1.29 is 60.8 Å². The zero-order chi connectivity index (χ0) is 12.5. The minimum absolute atomic E-state index is 0. The molecule has 0 fully saturated rings. The van der Waals surface area contributed by atoms with Crippen molar-refractivity contribution >= 4 is 29.4 Å². The van der Waals surface area contributed by atoms with Crippen molar-refractivity contribution in [3.63, 3.8) is 0 Å². The van der Waals surface area contributed by atoms with Gasteiger partial charge < -0.3 is 20.9 Å². The third-order valence-electron chi connectivity index (χ3n) is 2.42. The molecule has 0 saturated heterocycles. The first-order valence-electron chi connectivity index (χ1n) is 5.03. The smallest absolute Gasteiger partial charge is 0.793 e. The molecule has 0 aliphatic carbocycles. The summed E-state index contributed by atoms with van der Waals surface area (Å²) in [5.41, 5.74) is 12.0. The SMILES string of the molecule is Nc1cccc(P(=O)([O-])c2cccc(N)c2)c1.[K+]. The van der Waals surface area contributed by atoms with E-state index in [2.05, 4.69) is 0 Å². The maximum atomic E-state index is 12.3. The number of anilines is 2. The molecule has 0 amide bonds. The Balaban J connectivity index is 0.00000162. The van der Waals surface area contributed by atoms with Crippen LogP contribution in [0.5, 0.6) is 0 Å². The second kappa shape index (κ2) is 6.35. The summed E-state index contributed by atoms with van der Waals surface area (Å²) in [5, 5.41) is 0.395. The van der Waals surface area contributed by atoms with Crippen LogP contribution in [0.4, 0.5) is 11.4 Å². The minimum Gasteiger partial charge on any atom is -0.793 e. The number of nitrogens with two attached hydrogens (primary N) is 2. The Morgan fingerprint density at radius 3 is 1.61 bits per heavy atom. The van der Waals surface area contributed by atoms with Gasteiger partial charge in [-0.3, -0.25) is 0 Å². The molecule has 0 aromatic heterocycles. The van der Waals surface area contributed by atoms with E-state index in [1.807, 2.05) is 0 Å². The number of benzene rings is 2. The van der Waals surface area contributed by atoms with Crippen molar-refractivity contribution in [3.05, 3.63) is 48.5 Å². The summed E-state index contributed by atoms with van der Waals surface area (Å²) < 4.78 is 12.3. The van der Waals surface area contributed by atoms with Crippen LogP contribution in [0.1, 0.15) is 0 Å². The summed E-state index contributed by atoms with van der Waals surface area (Å²) in [6.07, 6.45) is 0. The van der Waals surface area contributed by atoms with Crippen molar-refractivity contribution in [2.75, 3.05) is 11.5 Å². The van der Waals surface area contributed by atoms with Gasteiger partial charge in [0.15, 0.2) is 0 Å². The maximum Gasteiger partial charge on any atom is 1.00 e. The van der Waals surface area contributed by atoms with Crippen LogP contribution in [0.25, 0.3) is 0 Å².